The van der Waals surface area contributed by atoms with E-state index in [0.717, 1.165) is 25.3 Å². The highest BCUT2D eigenvalue weighted by molar-refractivity contribution is 5.65. The third-order valence-corrected chi connectivity index (χ3v) is 3.88. The maximum Gasteiger partial charge on any atom is 0.405 e. The van der Waals surface area contributed by atoms with Crippen molar-refractivity contribution in [2.75, 3.05) is 20.1 Å². The molecule has 130 valence electrons. The highest BCUT2D eigenvalue weighted by Gasteiger charge is 2.22. The number of hydrogen-bond donors (Lipinski definition) is 3. The van der Waals surface area contributed by atoms with E-state index in [1.807, 2.05) is 26.4 Å². The van der Waals surface area contributed by atoms with Crippen LogP contribution in [0.15, 0.2) is 12.5 Å². The third kappa shape index (κ3) is 6.27. The Hall–Kier alpha value is -2.09. The lowest BCUT2D eigenvalue weighted by Crippen LogP contribution is -2.30. The van der Waals surface area contributed by atoms with E-state index in [0.29, 0.717) is 5.92 Å². The summed E-state index contributed by atoms with van der Waals surface area (Å²) in [4.78, 5) is 25.9. The topological polar surface area (TPSA) is 108 Å². The number of nitrogens with one attached hydrogen (secondary N) is 1. The number of amides is 1. The Morgan fingerprint density at radius 1 is 1.57 bits per heavy atom. The maximum atomic E-state index is 10.9. The molecule has 1 amide bonds. The largest absolute Gasteiger partial charge is 0.483 e. The summed E-state index contributed by atoms with van der Waals surface area (Å²) in [6.07, 6.45) is 3.99. The zero-order valence-corrected chi connectivity index (χ0v) is 13.8. The quantitative estimate of drug-likeness (QED) is 0.708. The number of aromatic nitrogens is 2. The van der Waals surface area contributed by atoms with E-state index >= 15 is 0 Å². The number of carbonyl (C=O) groups is 2. The summed E-state index contributed by atoms with van der Waals surface area (Å²) in [5.41, 5.74) is 0.800. The summed E-state index contributed by atoms with van der Waals surface area (Å²) < 4.78 is 2.08. The molecule has 0 aromatic carbocycles. The van der Waals surface area contributed by atoms with Crippen LogP contribution in [0.1, 0.15) is 32.0 Å². The fourth-order valence-corrected chi connectivity index (χ4v) is 2.83. The van der Waals surface area contributed by atoms with Gasteiger partial charge < -0.3 is 25.0 Å². The first-order valence-corrected chi connectivity index (χ1v) is 7.64. The van der Waals surface area contributed by atoms with Crippen LogP contribution >= 0.6 is 0 Å². The molecule has 1 aliphatic rings. The van der Waals surface area contributed by atoms with Crippen molar-refractivity contribution in [2.45, 2.75) is 32.9 Å². The fraction of sp³-hybridized carbons (Fsp3) is 0.667. The number of nitrogens with zero attached hydrogens (tertiary/aromatic N) is 3. The number of hydrogen-bond acceptors (Lipinski definition) is 4. The number of likely N-dealkylation sites (tertiary alicyclic amines) is 1. The summed E-state index contributed by atoms with van der Waals surface area (Å²) in [6, 6.07) is -0.250. The maximum absolute atomic E-state index is 10.9. The van der Waals surface area contributed by atoms with Gasteiger partial charge in [0.2, 0.25) is 0 Å². The molecule has 0 bridgehead atoms. The first kappa shape index (κ1) is 19.0. The van der Waals surface area contributed by atoms with Gasteiger partial charge in [0, 0.05) is 19.3 Å². The second-order valence-electron chi connectivity index (χ2n) is 6.19. The van der Waals surface area contributed by atoms with Crippen LogP contribution in [0, 0.1) is 11.8 Å². The second-order valence-corrected chi connectivity index (χ2v) is 6.19. The Bertz CT molecular complexity index is 503. The third-order valence-electron chi connectivity index (χ3n) is 3.88. The van der Waals surface area contributed by atoms with Crippen molar-refractivity contribution < 1.29 is 19.8 Å². The number of carboxylic acid groups (broad SMARTS) is 2. The van der Waals surface area contributed by atoms with E-state index in [4.69, 9.17) is 15.0 Å². The molecule has 23 heavy (non-hydrogen) atoms. The van der Waals surface area contributed by atoms with Gasteiger partial charge in [-0.1, -0.05) is 13.8 Å². The molecule has 0 radical (unpaired) electrons. The van der Waals surface area contributed by atoms with Crippen LogP contribution in [0.25, 0.3) is 0 Å². The van der Waals surface area contributed by atoms with Gasteiger partial charge in [-0.2, -0.15) is 0 Å². The smallest absolute Gasteiger partial charge is 0.405 e. The van der Waals surface area contributed by atoms with Crippen LogP contribution in [0.5, 0.6) is 0 Å². The van der Waals surface area contributed by atoms with Crippen LogP contribution < -0.4 is 5.32 Å². The van der Waals surface area contributed by atoms with E-state index in [2.05, 4.69) is 26.8 Å². The molecule has 2 rings (SSSR count). The van der Waals surface area contributed by atoms with Crippen molar-refractivity contribution >= 4 is 12.6 Å². The summed E-state index contributed by atoms with van der Waals surface area (Å²) in [5.74, 6) is 0.832. The van der Waals surface area contributed by atoms with Gasteiger partial charge in [0.1, 0.15) is 0 Å². The molecule has 1 aliphatic heterocycles. The van der Waals surface area contributed by atoms with E-state index in [1.54, 1.807) is 0 Å². The Morgan fingerprint density at radius 3 is 2.70 bits per heavy atom. The molecule has 2 heterocycles. The van der Waals surface area contributed by atoms with Gasteiger partial charge in [-0.3, -0.25) is 4.79 Å². The average Bonchev–Trinajstić information content (AvgIpc) is 3.06. The highest BCUT2D eigenvalue weighted by Crippen LogP contribution is 2.21. The minimum Gasteiger partial charge on any atom is -0.483 e. The van der Waals surface area contributed by atoms with E-state index in [1.165, 1.54) is 6.42 Å². The van der Waals surface area contributed by atoms with Crippen molar-refractivity contribution in [1.82, 2.24) is 19.8 Å². The van der Waals surface area contributed by atoms with Gasteiger partial charge in [0.05, 0.1) is 18.1 Å². The first-order valence-electron chi connectivity index (χ1n) is 7.64. The molecule has 0 aliphatic carbocycles. The molecular weight excluding hydrogens is 300 g/mol. The van der Waals surface area contributed by atoms with Gasteiger partial charge in [0.15, 0.2) is 0 Å². The lowest BCUT2D eigenvalue weighted by Gasteiger charge is -2.18. The van der Waals surface area contributed by atoms with Crippen LogP contribution in [-0.4, -0.2) is 57.4 Å². The molecule has 2 atom stereocenters. The van der Waals surface area contributed by atoms with Gasteiger partial charge >= 0.3 is 6.09 Å². The molecule has 1 aromatic heterocycles. The van der Waals surface area contributed by atoms with Crippen molar-refractivity contribution in [1.29, 1.82) is 0 Å². The van der Waals surface area contributed by atoms with E-state index < -0.39 is 6.09 Å². The predicted octanol–water partition coefficient (Wildman–Crippen LogP) is 1.50. The minimum atomic E-state index is -1.00. The Morgan fingerprint density at radius 2 is 2.22 bits per heavy atom. The van der Waals surface area contributed by atoms with Crippen LogP contribution in [0.2, 0.25) is 0 Å². The molecule has 8 nitrogen and oxygen atoms in total. The van der Waals surface area contributed by atoms with Crippen molar-refractivity contribution in [2.24, 2.45) is 11.8 Å². The zero-order valence-electron chi connectivity index (χ0n) is 13.8. The number of rotatable bonds is 5. The van der Waals surface area contributed by atoms with Gasteiger partial charge in [-0.25, -0.2) is 9.78 Å². The Labute approximate surface area is 136 Å². The van der Waals surface area contributed by atoms with Gasteiger partial charge in [-0.15, -0.1) is 0 Å². The molecule has 1 aromatic rings. The minimum absolute atomic E-state index is 0.173. The number of imidazole rings is 1. The molecule has 1 fully saturated rings. The van der Waals surface area contributed by atoms with Gasteiger partial charge in [0.25, 0.3) is 6.47 Å². The average molecular weight is 326 g/mol. The molecular formula is C15H26N4O4. The molecule has 0 unspecified atom stereocenters. The summed E-state index contributed by atoms with van der Waals surface area (Å²) in [5, 5.41) is 18.3. The molecule has 8 heteroatoms. The molecule has 0 saturated carbocycles. The summed E-state index contributed by atoms with van der Waals surface area (Å²) in [7, 11) is 2.14. The van der Waals surface area contributed by atoms with Crippen molar-refractivity contribution in [3.8, 4) is 0 Å². The van der Waals surface area contributed by atoms with Crippen molar-refractivity contribution in [3.05, 3.63) is 18.2 Å². The van der Waals surface area contributed by atoms with Gasteiger partial charge in [-0.05, 0) is 31.8 Å². The predicted molar refractivity (Wildman–Crippen MR) is 85.3 cm³/mol. The second kappa shape index (κ2) is 9.14. The lowest BCUT2D eigenvalue weighted by atomic mass is 10.0. The normalized spacial score (nSPS) is 19.0. The zero-order chi connectivity index (χ0) is 17.4. The molecule has 3 N–H and O–H groups in total. The van der Waals surface area contributed by atoms with Crippen LogP contribution in [-0.2, 0) is 11.3 Å². The first-order chi connectivity index (χ1) is 10.9. The molecule has 0 spiro atoms. The highest BCUT2D eigenvalue weighted by atomic mass is 16.4. The SMILES string of the molecule is CC(C)[C@H](NC(=O)O)c1cn(C[C@@H]2CCN(C)C2)cn1.O=CO. The lowest BCUT2D eigenvalue weighted by molar-refractivity contribution is -0.122. The summed E-state index contributed by atoms with van der Waals surface area (Å²) >= 11 is 0. The molecule has 1 saturated heterocycles. The van der Waals surface area contributed by atoms with E-state index in [-0.39, 0.29) is 18.4 Å². The van der Waals surface area contributed by atoms with Crippen molar-refractivity contribution in [3.63, 3.8) is 0 Å². The standard InChI is InChI=1S/C14H24N4O2.CH2O2/c1-10(2)13(16-14(19)20)12-8-18(9-15-12)7-11-4-5-17(3)6-11;2-1-3/h8-11,13,16H,4-7H2,1-3H3,(H,19,20);1H,(H,2,3)/t11-,13+;/m1./s1. The van der Waals surface area contributed by atoms with Crippen LogP contribution in [0.4, 0.5) is 4.79 Å². The monoisotopic (exact) mass is 326 g/mol. The Balaban J connectivity index is 0.000000816. The Kier molecular flexibility index (Phi) is 7.53. The van der Waals surface area contributed by atoms with E-state index in [9.17, 15) is 4.79 Å². The summed E-state index contributed by atoms with van der Waals surface area (Å²) in [6.45, 7) is 6.96. The fourth-order valence-electron chi connectivity index (χ4n) is 2.83. The van der Waals surface area contributed by atoms with Crippen LogP contribution in [0.3, 0.4) is 0 Å².